The molecule has 3 aromatic rings. The number of aromatic nitrogens is 2. The highest BCUT2D eigenvalue weighted by atomic mass is 16.2. The second kappa shape index (κ2) is 9.71. The van der Waals surface area contributed by atoms with Crippen LogP contribution in [0.2, 0.25) is 0 Å². The van der Waals surface area contributed by atoms with Crippen LogP contribution in [0.3, 0.4) is 0 Å². The van der Waals surface area contributed by atoms with E-state index in [-0.39, 0.29) is 18.0 Å². The number of benzene rings is 2. The van der Waals surface area contributed by atoms with Crippen molar-refractivity contribution in [1.82, 2.24) is 19.4 Å². The minimum Gasteiger partial charge on any atom is -0.339 e. The minimum absolute atomic E-state index is 0.0318. The van der Waals surface area contributed by atoms with Crippen molar-refractivity contribution < 1.29 is 4.79 Å². The maximum absolute atomic E-state index is 12.7. The summed E-state index contributed by atoms with van der Waals surface area (Å²) in [6.45, 7) is 6.15. The normalized spacial score (nSPS) is 14.5. The first-order chi connectivity index (χ1) is 15.1. The molecular formula is C25H28N4O2. The van der Waals surface area contributed by atoms with Crippen LogP contribution in [0.1, 0.15) is 11.1 Å². The van der Waals surface area contributed by atoms with Gasteiger partial charge < -0.3 is 4.90 Å². The minimum atomic E-state index is -0.208. The van der Waals surface area contributed by atoms with Crippen molar-refractivity contribution in [2.45, 2.75) is 19.9 Å². The fraction of sp³-hybridized carbons (Fsp3) is 0.320. The van der Waals surface area contributed by atoms with E-state index in [2.05, 4.69) is 34.1 Å². The van der Waals surface area contributed by atoms with Gasteiger partial charge in [-0.1, -0.05) is 60.2 Å². The van der Waals surface area contributed by atoms with Gasteiger partial charge in [0.1, 0.15) is 6.54 Å². The topological polar surface area (TPSA) is 58.4 Å². The molecule has 0 atom stereocenters. The van der Waals surface area contributed by atoms with Gasteiger partial charge in [-0.3, -0.25) is 19.1 Å². The van der Waals surface area contributed by atoms with Crippen LogP contribution in [-0.2, 0) is 17.8 Å². The Bertz CT molecular complexity index is 1070. The summed E-state index contributed by atoms with van der Waals surface area (Å²) in [7, 11) is 0. The molecule has 0 spiro atoms. The second-order valence-electron chi connectivity index (χ2n) is 8.06. The van der Waals surface area contributed by atoms with Crippen molar-refractivity contribution in [1.29, 1.82) is 0 Å². The van der Waals surface area contributed by atoms with E-state index in [0.29, 0.717) is 18.8 Å². The first kappa shape index (κ1) is 21.0. The van der Waals surface area contributed by atoms with Crippen LogP contribution in [0.5, 0.6) is 0 Å². The molecule has 1 saturated heterocycles. The fourth-order valence-corrected chi connectivity index (χ4v) is 3.83. The molecule has 0 aliphatic carbocycles. The van der Waals surface area contributed by atoms with Crippen molar-refractivity contribution in [2.75, 3.05) is 32.7 Å². The van der Waals surface area contributed by atoms with E-state index in [1.165, 1.54) is 22.5 Å². The zero-order chi connectivity index (χ0) is 21.6. The van der Waals surface area contributed by atoms with E-state index in [1.54, 1.807) is 0 Å². The Kier molecular flexibility index (Phi) is 6.57. The Morgan fingerprint density at radius 2 is 1.68 bits per heavy atom. The van der Waals surface area contributed by atoms with Crippen molar-refractivity contribution in [3.05, 3.63) is 88.5 Å². The molecule has 6 nitrogen and oxygen atoms in total. The molecule has 1 fully saturated rings. The predicted molar refractivity (Wildman–Crippen MR) is 122 cm³/mol. The van der Waals surface area contributed by atoms with Crippen molar-refractivity contribution in [2.24, 2.45) is 0 Å². The molecule has 2 heterocycles. The van der Waals surface area contributed by atoms with Gasteiger partial charge in [0.2, 0.25) is 5.91 Å². The predicted octanol–water partition coefficient (Wildman–Crippen LogP) is 2.61. The van der Waals surface area contributed by atoms with Crippen molar-refractivity contribution in [3.8, 4) is 11.3 Å². The highest BCUT2D eigenvalue weighted by Crippen LogP contribution is 2.15. The van der Waals surface area contributed by atoms with Crippen LogP contribution in [0, 0.1) is 6.92 Å². The van der Waals surface area contributed by atoms with Gasteiger partial charge >= 0.3 is 0 Å². The number of nitrogens with zero attached hydrogens (tertiary/aromatic N) is 4. The molecule has 0 unspecified atom stereocenters. The van der Waals surface area contributed by atoms with E-state index < -0.39 is 0 Å². The summed E-state index contributed by atoms with van der Waals surface area (Å²) >= 11 is 0. The number of rotatable bonds is 6. The maximum Gasteiger partial charge on any atom is 0.254 e. The summed E-state index contributed by atoms with van der Waals surface area (Å²) in [5.74, 6) is -0.0327. The molecule has 1 aliphatic rings. The van der Waals surface area contributed by atoms with E-state index in [1.807, 2.05) is 42.2 Å². The largest absolute Gasteiger partial charge is 0.339 e. The summed E-state index contributed by atoms with van der Waals surface area (Å²) in [5.41, 5.74) is 3.80. The molecule has 1 amide bonds. The third-order valence-corrected chi connectivity index (χ3v) is 5.82. The number of piperazine rings is 1. The monoisotopic (exact) mass is 416 g/mol. The molecule has 1 aromatic heterocycles. The summed E-state index contributed by atoms with van der Waals surface area (Å²) < 4.78 is 1.39. The molecule has 2 aromatic carbocycles. The molecule has 4 rings (SSSR count). The van der Waals surface area contributed by atoms with Crippen LogP contribution < -0.4 is 5.56 Å². The van der Waals surface area contributed by atoms with E-state index in [4.69, 9.17) is 0 Å². The third-order valence-electron chi connectivity index (χ3n) is 5.82. The van der Waals surface area contributed by atoms with Gasteiger partial charge in [-0.2, -0.15) is 0 Å². The van der Waals surface area contributed by atoms with Crippen LogP contribution in [0.25, 0.3) is 11.3 Å². The highest BCUT2D eigenvalue weighted by molar-refractivity contribution is 5.76. The lowest BCUT2D eigenvalue weighted by Crippen LogP contribution is -2.50. The van der Waals surface area contributed by atoms with Gasteiger partial charge in [-0.15, -0.1) is 0 Å². The summed E-state index contributed by atoms with van der Waals surface area (Å²) in [6.07, 6.45) is 2.49. The van der Waals surface area contributed by atoms with Gasteiger partial charge in [0.05, 0.1) is 12.0 Å². The van der Waals surface area contributed by atoms with Gasteiger partial charge in [0, 0.05) is 44.4 Å². The van der Waals surface area contributed by atoms with Gasteiger partial charge in [-0.05, 0) is 18.9 Å². The van der Waals surface area contributed by atoms with Crippen LogP contribution in [0.15, 0.2) is 71.8 Å². The fourth-order valence-electron chi connectivity index (χ4n) is 3.83. The number of carbonyl (C=O) groups excluding carboxylic acids is 1. The highest BCUT2D eigenvalue weighted by Gasteiger charge is 2.21. The number of carbonyl (C=O) groups is 1. The van der Waals surface area contributed by atoms with Crippen LogP contribution >= 0.6 is 0 Å². The third kappa shape index (κ3) is 5.47. The molecule has 0 N–H and O–H groups in total. The SMILES string of the molecule is Cc1ccc(-c2cc(=O)n(CC(=O)N3CCN(CCc4ccccc4)CC3)cn2)cc1. The van der Waals surface area contributed by atoms with Crippen molar-refractivity contribution in [3.63, 3.8) is 0 Å². The number of hydrogen-bond acceptors (Lipinski definition) is 4. The molecule has 0 saturated carbocycles. The summed E-state index contributed by atoms with van der Waals surface area (Å²) in [6, 6.07) is 19.8. The second-order valence-corrected chi connectivity index (χ2v) is 8.06. The Morgan fingerprint density at radius 3 is 2.35 bits per heavy atom. The van der Waals surface area contributed by atoms with Crippen molar-refractivity contribution >= 4 is 5.91 Å². The quantitative estimate of drug-likeness (QED) is 0.620. The molecule has 0 radical (unpaired) electrons. The Hall–Kier alpha value is -3.25. The zero-order valence-corrected chi connectivity index (χ0v) is 17.9. The average molecular weight is 417 g/mol. The van der Waals surface area contributed by atoms with Gasteiger partial charge in [0.15, 0.2) is 0 Å². The Morgan fingerprint density at radius 1 is 0.968 bits per heavy atom. The maximum atomic E-state index is 12.7. The number of aryl methyl sites for hydroxylation is 1. The summed E-state index contributed by atoms with van der Waals surface area (Å²) in [4.78, 5) is 33.9. The Balaban J connectivity index is 1.29. The average Bonchev–Trinajstić information content (AvgIpc) is 2.80. The zero-order valence-electron chi connectivity index (χ0n) is 17.9. The van der Waals surface area contributed by atoms with Gasteiger partial charge in [-0.25, -0.2) is 4.98 Å². The standard InChI is InChI=1S/C25H28N4O2/c1-20-7-9-22(10-8-20)23-17-24(30)29(19-26-23)18-25(31)28-15-13-27(14-16-28)12-11-21-5-3-2-4-6-21/h2-10,17,19H,11-16,18H2,1H3. The molecular weight excluding hydrogens is 388 g/mol. The summed E-state index contributed by atoms with van der Waals surface area (Å²) in [5, 5.41) is 0. The van der Waals surface area contributed by atoms with E-state index in [0.717, 1.165) is 37.2 Å². The van der Waals surface area contributed by atoms with E-state index in [9.17, 15) is 9.59 Å². The number of amides is 1. The van der Waals surface area contributed by atoms with Crippen LogP contribution in [-0.4, -0.2) is 58.0 Å². The van der Waals surface area contributed by atoms with Gasteiger partial charge in [0.25, 0.3) is 5.56 Å². The van der Waals surface area contributed by atoms with E-state index >= 15 is 0 Å². The molecule has 1 aliphatic heterocycles. The van der Waals surface area contributed by atoms with Crippen LogP contribution in [0.4, 0.5) is 0 Å². The smallest absolute Gasteiger partial charge is 0.254 e. The lowest BCUT2D eigenvalue weighted by molar-refractivity contribution is -0.133. The Labute approximate surface area is 182 Å². The molecule has 6 heteroatoms. The molecule has 31 heavy (non-hydrogen) atoms. The molecule has 160 valence electrons. The number of hydrogen-bond donors (Lipinski definition) is 0. The first-order valence-electron chi connectivity index (χ1n) is 10.8. The lowest BCUT2D eigenvalue weighted by Gasteiger charge is -2.34. The molecule has 0 bridgehead atoms. The first-order valence-corrected chi connectivity index (χ1v) is 10.8. The lowest BCUT2D eigenvalue weighted by atomic mass is 10.1.